The third-order valence-corrected chi connectivity index (χ3v) is 13.7. The molecule has 0 amide bonds. The van der Waals surface area contributed by atoms with Gasteiger partial charge in [0.1, 0.15) is 0 Å². The van der Waals surface area contributed by atoms with Gasteiger partial charge >= 0.3 is 0 Å². The van der Waals surface area contributed by atoms with Crippen molar-refractivity contribution in [1.29, 1.82) is 0 Å². The Labute approximate surface area is 363 Å². The molecule has 2 aliphatic rings. The standard InChI is InChI=1S/C56H56N4S/c1-53(2,3)33-22-31(23-34(26-33)54(4,5)6)48-42-18-16-37(57-42)28-38-17-19-43(58-38)49(32-24-35(55(7,8)9)27-36(25-32)56(10,11)12)46-29-40-39-14-13-15-47-50(39)41(30-61-47)51(52(40)60-46)45-21-20-44(48)59-45/h13-30,57,60H,1-12H3. The number of aromatic nitrogens is 4. The maximum Gasteiger partial charge on any atom is 0.0738 e. The number of fused-ring (bicyclic) bond motifs is 10. The van der Waals surface area contributed by atoms with Gasteiger partial charge in [-0.2, -0.15) is 0 Å². The molecule has 5 heteroatoms. The van der Waals surface area contributed by atoms with Gasteiger partial charge in [-0.05, 0) is 120 Å². The largest absolute Gasteiger partial charge is 0.355 e. The fraction of sp³-hybridized carbons (Fsp3) is 0.286. The number of thiophene rings is 1. The van der Waals surface area contributed by atoms with Crippen LogP contribution in [0.4, 0.5) is 0 Å². The first kappa shape index (κ1) is 39.4. The first-order valence-corrected chi connectivity index (χ1v) is 22.6. The third-order valence-electron chi connectivity index (χ3n) is 12.8. The molecule has 2 aliphatic heterocycles. The van der Waals surface area contributed by atoms with Crippen molar-refractivity contribution in [2.75, 3.05) is 0 Å². The summed E-state index contributed by atoms with van der Waals surface area (Å²) in [5, 5.41) is 8.44. The summed E-state index contributed by atoms with van der Waals surface area (Å²) in [6, 6.07) is 30.0. The number of hydrogen-bond donors (Lipinski definition) is 2. The molecule has 0 fully saturated rings. The van der Waals surface area contributed by atoms with Gasteiger partial charge in [-0.3, -0.25) is 0 Å². The van der Waals surface area contributed by atoms with Crippen LogP contribution in [-0.4, -0.2) is 19.9 Å². The quantitative estimate of drug-likeness (QED) is 0.183. The maximum absolute atomic E-state index is 5.64. The molecule has 306 valence electrons. The topological polar surface area (TPSA) is 57.4 Å². The number of H-pyrrole nitrogens is 2. The summed E-state index contributed by atoms with van der Waals surface area (Å²) in [6.45, 7) is 27.7. The van der Waals surface area contributed by atoms with Gasteiger partial charge in [-0.1, -0.05) is 132 Å². The summed E-state index contributed by atoms with van der Waals surface area (Å²) in [5.74, 6) is 0. The third kappa shape index (κ3) is 6.73. The zero-order chi connectivity index (χ0) is 43.0. The predicted octanol–water partition coefficient (Wildman–Crippen LogP) is 16.1. The number of nitrogens with zero attached hydrogens (tertiary/aromatic N) is 2. The summed E-state index contributed by atoms with van der Waals surface area (Å²) >= 11 is 1.81. The van der Waals surface area contributed by atoms with Crippen LogP contribution < -0.4 is 0 Å². The molecule has 4 nitrogen and oxygen atoms in total. The summed E-state index contributed by atoms with van der Waals surface area (Å²) in [4.78, 5) is 19.0. The van der Waals surface area contributed by atoms with Crippen LogP contribution in [0.5, 0.6) is 0 Å². The lowest BCUT2D eigenvalue weighted by Crippen LogP contribution is -2.16. The Hall–Kier alpha value is -5.78. The van der Waals surface area contributed by atoms with E-state index in [2.05, 4.69) is 202 Å². The molecule has 0 spiro atoms. The molecule has 10 rings (SSSR count). The molecule has 8 aromatic rings. The summed E-state index contributed by atoms with van der Waals surface area (Å²) in [6.07, 6.45) is 8.81. The van der Waals surface area contributed by atoms with E-state index < -0.39 is 0 Å². The zero-order valence-electron chi connectivity index (χ0n) is 37.7. The minimum Gasteiger partial charge on any atom is -0.355 e. The molecular formula is C56H56N4S. The summed E-state index contributed by atoms with van der Waals surface area (Å²) in [7, 11) is 0. The monoisotopic (exact) mass is 816 g/mol. The number of rotatable bonds is 2. The molecule has 0 aliphatic carbocycles. The van der Waals surface area contributed by atoms with Crippen LogP contribution in [0.15, 0.2) is 84.2 Å². The van der Waals surface area contributed by atoms with Gasteiger partial charge in [0.15, 0.2) is 0 Å². The zero-order valence-corrected chi connectivity index (χ0v) is 38.5. The minimum absolute atomic E-state index is 0.0367. The fourth-order valence-electron chi connectivity index (χ4n) is 9.09. The molecule has 0 saturated carbocycles. The van der Waals surface area contributed by atoms with E-state index in [9.17, 15) is 0 Å². The van der Waals surface area contributed by atoms with E-state index in [1.54, 1.807) is 0 Å². The molecule has 8 bridgehead atoms. The number of benzene rings is 4. The molecular weight excluding hydrogens is 761 g/mol. The Bertz CT molecular complexity index is 3270. The average molecular weight is 817 g/mol. The molecule has 0 radical (unpaired) electrons. The van der Waals surface area contributed by atoms with Gasteiger partial charge < -0.3 is 9.97 Å². The van der Waals surface area contributed by atoms with Crippen molar-refractivity contribution >= 4 is 89.3 Å². The lowest BCUT2D eigenvalue weighted by atomic mass is 9.78. The number of nitrogens with one attached hydrogen (secondary N) is 2. The second-order valence-electron chi connectivity index (χ2n) is 21.5. The molecule has 4 aromatic heterocycles. The number of aromatic amines is 2. The molecule has 0 saturated heterocycles. The molecule has 6 heterocycles. The van der Waals surface area contributed by atoms with E-state index in [-0.39, 0.29) is 21.7 Å². The summed E-state index contributed by atoms with van der Waals surface area (Å²) in [5.41, 5.74) is 17.5. The van der Waals surface area contributed by atoms with Crippen LogP contribution >= 0.6 is 11.3 Å². The number of hydrogen-bond acceptors (Lipinski definition) is 3. The van der Waals surface area contributed by atoms with Crippen molar-refractivity contribution in [2.24, 2.45) is 0 Å². The van der Waals surface area contributed by atoms with E-state index in [4.69, 9.17) is 9.97 Å². The van der Waals surface area contributed by atoms with E-state index in [0.717, 1.165) is 72.5 Å². The van der Waals surface area contributed by atoms with Crippen molar-refractivity contribution in [2.45, 2.75) is 105 Å². The molecule has 0 unspecified atom stereocenters. The first-order valence-electron chi connectivity index (χ1n) is 21.7. The Kier molecular flexibility index (Phi) is 8.62. The van der Waals surface area contributed by atoms with E-state index >= 15 is 0 Å². The van der Waals surface area contributed by atoms with Crippen molar-refractivity contribution in [3.8, 4) is 22.3 Å². The lowest BCUT2D eigenvalue weighted by molar-refractivity contribution is 0.568. The van der Waals surface area contributed by atoms with Gasteiger partial charge in [0.25, 0.3) is 0 Å². The smallest absolute Gasteiger partial charge is 0.0738 e. The fourth-order valence-corrected chi connectivity index (χ4v) is 10.1. The van der Waals surface area contributed by atoms with Crippen LogP contribution in [0.25, 0.3) is 100 Å². The lowest BCUT2D eigenvalue weighted by Gasteiger charge is -2.26. The van der Waals surface area contributed by atoms with Gasteiger partial charge in [0, 0.05) is 53.9 Å². The maximum atomic E-state index is 5.64. The molecule has 61 heavy (non-hydrogen) atoms. The molecule has 2 N–H and O–H groups in total. The Morgan fingerprint density at radius 3 is 1.62 bits per heavy atom. The van der Waals surface area contributed by atoms with Gasteiger partial charge in [0.2, 0.25) is 0 Å². The van der Waals surface area contributed by atoms with Gasteiger partial charge in [-0.25, -0.2) is 9.97 Å². The Balaban J connectivity index is 1.40. The van der Waals surface area contributed by atoms with Gasteiger partial charge in [-0.15, -0.1) is 11.3 Å². The van der Waals surface area contributed by atoms with Crippen molar-refractivity contribution in [3.05, 3.63) is 129 Å². The highest BCUT2D eigenvalue weighted by Crippen LogP contribution is 2.45. The van der Waals surface area contributed by atoms with E-state index in [1.807, 2.05) is 11.3 Å². The first-order chi connectivity index (χ1) is 28.7. The molecule has 0 atom stereocenters. The van der Waals surface area contributed by atoms with Crippen molar-refractivity contribution in [1.82, 2.24) is 19.9 Å². The Morgan fingerprint density at radius 1 is 0.459 bits per heavy atom. The molecule has 4 aromatic carbocycles. The van der Waals surface area contributed by atoms with Crippen molar-refractivity contribution < 1.29 is 0 Å². The Morgan fingerprint density at radius 2 is 1.02 bits per heavy atom. The van der Waals surface area contributed by atoms with Crippen molar-refractivity contribution in [3.63, 3.8) is 0 Å². The summed E-state index contributed by atoms with van der Waals surface area (Å²) < 4.78 is 1.28. The van der Waals surface area contributed by atoms with E-state index in [0.29, 0.717) is 0 Å². The second-order valence-corrected chi connectivity index (χ2v) is 22.4. The van der Waals surface area contributed by atoms with Crippen LogP contribution in [0.2, 0.25) is 0 Å². The normalized spacial score (nSPS) is 13.8. The highest BCUT2D eigenvalue weighted by Gasteiger charge is 2.26. The highest BCUT2D eigenvalue weighted by molar-refractivity contribution is 7.18. The average Bonchev–Trinajstić information content (AvgIpc) is 4.03. The highest BCUT2D eigenvalue weighted by atomic mass is 32.1. The minimum atomic E-state index is -0.0440. The van der Waals surface area contributed by atoms with Crippen LogP contribution in [-0.2, 0) is 21.7 Å². The van der Waals surface area contributed by atoms with Crippen LogP contribution in [0.3, 0.4) is 0 Å². The second kappa shape index (κ2) is 13.4. The van der Waals surface area contributed by atoms with E-state index in [1.165, 1.54) is 48.5 Å². The van der Waals surface area contributed by atoms with Crippen LogP contribution in [0, 0.1) is 0 Å². The SMILES string of the molecule is CC(C)(C)c1cc(-c2c3nc(c4c5csc6cccc(c7cc([nH]c74)c(-c4cc(C(C)(C)C)cc(C(C)(C)C)c4)c4nc(cc7ccc2[nH]7)C=C4)c65)C=C3)cc(C(C)(C)C)c1. The van der Waals surface area contributed by atoms with Crippen LogP contribution in [0.1, 0.15) is 128 Å². The predicted molar refractivity (Wildman–Crippen MR) is 266 cm³/mol. The van der Waals surface area contributed by atoms with Gasteiger partial charge in [0.05, 0.1) is 28.3 Å².